The molecular formula is C73H138N2O3. The number of ether oxygens (including phenoxy) is 1. The van der Waals surface area contributed by atoms with Gasteiger partial charge in [-0.1, -0.05) is 380 Å². The van der Waals surface area contributed by atoms with E-state index in [4.69, 9.17) is 4.74 Å². The zero-order chi connectivity index (χ0) is 56.0. The monoisotopic (exact) mass is 1090 g/mol. The SMILES string of the molecule is CCCCCCCCCCCCCCCCCCCCCCCCCCNC(=O)c1ccc(C(=O)NCCCCCCCCCCCCCCCCCCCCCCCCCC)c(OCCCCCCCCCCCCC)c1. The Morgan fingerprint density at radius 3 is 0.756 bits per heavy atom. The predicted molar refractivity (Wildman–Crippen MR) is 346 cm³/mol. The van der Waals surface area contributed by atoms with E-state index in [1.807, 2.05) is 6.07 Å². The lowest BCUT2D eigenvalue weighted by molar-refractivity contribution is 0.0937. The molecule has 0 heterocycles. The number of carbonyl (C=O) groups is 2. The molecule has 1 rings (SSSR count). The van der Waals surface area contributed by atoms with Gasteiger partial charge in [0.05, 0.1) is 12.2 Å². The van der Waals surface area contributed by atoms with Gasteiger partial charge in [0.1, 0.15) is 5.75 Å². The molecule has 5 heteroatoms. The quantitative estimate of drug-likeness (QED) is 0.0639. The van der Waals surface area contributed by atoms with Crippen molar-refractivity contribution in [1.29, 1.82) is 0 Å². The molecule has 458 valence electrons. The molecule has 0 saturated carbocycles. The van der Waals surface area contributed by atoms with Crippen LogP contribution in [0, 0.1) is 0 Å². The van der Waals surface area contributed by atoms with Gasteiger partial charge >= 0.3 is 0 Å². The minimum absolute atomic E-state index is 0.0733. The summed E-state index contributed by atoms with van der Waals surface area (Å²) in [4.78, 5) is 26.8. The van der Waals surface area contributed by atoms with Gasteiger partial charge in [0.25, 0.3) is 11.8 Å². The third-order valence-corrected chi connectivity index (χ3v) is 17.1. The number of rotatable bonds is 65. The molecule has 2 amide bonds. The van der Waals surface area contributed by atoms with Crippen molar-refractivity contribution in [1.82, 2.24) is 10.6 Å². The molecule has 1 aromatic rings. The number of benzene rings is 1. The standard InChI is InChI=1S/C73H138N2O3/c1-4-7-10-13-16-19-22-24-26-28-30-32-34-36-38-40-42-44-46-48-51-54-57-60-65-74-72(76)69-63-64-70(71(68-69)78-67-62-59-56-53-50-21-18-15-12-9-6-3)73(77)75-66-61-58-55-52-49-47-45-43-41-39-37-35-33-31-29-27-25-23-20-17-14-11-8-5-2/h63-64,68H,4-62,65-67H2,1-3H3,(H,74,76)(H,75,77). The van der Waals surface area contributed by atoms with Gasteiger partial charge in [0.15, 0.2) is 0 Å². The van der Waals surface area contributed by atoms with E-state index in [1.165, 1.54) is 340 Å². The van der Waals surface area contributed by atoms with E-state index in [0.717, 1.165) is 38.5 Å². The van der Waals surface area contributed by atoms with Gasteiger partial charge in [-0.05, 0) is 37.5 Å². The van der Waals surface area contributed by atoms with Crippen LogP contribution in [0.2, 0.25) is 0 Å². The molecule has 2 N–H and O–H groups in total. The average molecular weight is 1090 g/mol. The molecule has 0 unspecified atom stereocenters. The van der Waals surface area contributed by atoms with E-state index in [-0.39, 0.29) is 11.8 Å². The Bertz CT molecular complexity index is 1360. The molecule has 78 heavy (non-hydrogen) atoms. The van der Waals surface area contributed by atoms with E-state index in [2.05, 4.69) is 31.4 Å². The Morgan fingerprint density at radius 1 is 0.282 bits per heavy atom. The number of carbonyl (C=O) groups excluding carboxylic acids is 2. The Labute approximate surface area is 488 Å². The first-order valence-corrected chi connectivity index (χ1v) is 36.0. The van der Waals surface area contributed by atoms with Gasteiger partial charge in [-0.2, -0.15) is 0 Å². The van der Waals surface area contributed by atoms with Gasteiger partial charge in [-0.3, -0.25) is 9.59 Å². The van der Waals surface area contributed by atoms with Crippen molar-refractivity contribution in [2.45, 2.75) is 400 Å². The highest BCUT2D eigenvalue weighted by atomic mass is 16.5. The first-order valence-electron chi connectivity index (χ1n) is 36.0. The van der Waals surface area contributed by atoms with Crippen molar-refractivity contribution < 1.29 is 14.3 Å². The zero-order valence-electron chi connectivity index (χ0n) is 53.3. The lowest BCUT2D eigenvalue weighted by Crippen LogP contribution is -2.26. The van der Waals surface area contributed by atoms with Crippen LogP contribution in [0.15, 0.2) is 18.2 Å². The van der Waals surface area contributed by atoms with Crippen LogP contribution < -0.4 is 15.4 Å². The average Bonchev–Trinajstić information content (AvgIpc) is 3.46. The summed E-state index contributed by atoms with van der Waals surface area (Å²) in [6.45, 7) is 8.83. The van der Waals surface area contributed by atoms with Gasteiger partial charge in [-0.15, -0.1) is 0 Å². The summed E-state index contributed by atoms with van der Waals surface area (Å²) < 4.78 is 6.31. The second-order valence-corrected chi connectivity index (χ2v) is 24.9. The molecule has 0 spiro atoms. The van der Waals surface area contributed by atoms with Gasteiger partial charge in [0, 0.05) is 18.7 Å². The largest absolute Gasteiger partial charge is 0.493 e. The third kappa shape index (κ3) is 52.1. The maximum absolute atomic E-state index is 13.5. The van der Waals surface area contributed by atoms with Crippen LogP contribution in [0.25, 0.3) is 0 Å². The van der Waals surface area contributed by atoms with E-state index in [1.54, 1.807) is 12.1 Å². The molecule has 5 nitrogen and oxygen atoms in total. The Hall–Kier alpha value is -2.04. The van der Waals surface area contributed by atoms with Crippen molar-refractivity contribution in [3.63, 3.8) is 0 Å². The van der Waals surface area contributed by atoms with Crippen LogP contribution >= 0.6 is 0 Å². The number of amides is 2. The molecule has 1 aromatic carbocycles. The van der Waals surface area contributed by atoms with Gasteiger partial charge < -0.3 is 15.4 Å². The Morgan fingerprint density at radius 2 is 0.500 bits per heavy atom. The van der Waals surface area contributed by atoms with Crippen LogP contribution in [-0.2, 0) is 0 Å². The lowest BCUT2D eigenvalue weighted by Gasteiger charge is -2.14. The molecule has 0 saturated heterocycles. The van der Waals surface area contributed by atoms with Crippen LogP contribution in [-0.4, -0.2) is 31.5 Å². The van der Waals surface area contributed by atoms with E-state index in [0.29, 0.717) is 36.6 Å². The maximum atomic E-state index is 13.5. The molecular weight excluding hydrogens is 953 g/mol. The van der Waals surface area contributed by atoms with Crippen LogP contribution in [0.1, 0.15) is 420 Å². The molecule has 0 atom stereocenters. The van der Waals surface area contributed by atoms with Crippen molar-refractivity contribution in [3.05, 3.63) is 29.3 Å². The number of nitrogens with one attached hydrogen (secondary N) is 2. The normalized spacial score (nSPS) is 11.5. The minimum atomic E-state index is -0.0924. The zero-order valence-corrected chi connectivity index (χ0v) is 53.3. The molecule has 0 radical (unpaired) electrons. The lowest BCUT2D eigenvalue weighted by atomic mass is 10.0. The second kappa shape index (κ2) is 62.6. The molecule has 0 bridgehead atoms. The summed E-state index contributed by atoms with van der Waals surface area (Å²) in [6, 6.07) is 5.42. The highest BCUT2D eigenvalue weighted by Gasteiger charge is 2.16. The van der Waals surface area contributed by atoms with Crippen LogP contribution in [0.4, 0.5) is 0 Å². The summed E-state index contributed by atoms with van der Waals surface area (Å²) >= 11 is 0. The van der Waals surface area contributed by atoms with E-state index >= 15 is 0 Å². The molecule has 0 aliphatic rings. The summed E-state index contributed by atoms with van der Waals surface area (Å²) in [5.41, 5.74) is 1.12. The fourth-order valence-electron chi connectivity index (χ4n) is 11.7. The van der Waals surface area contributed by atoms with Crippen LogP contribution in [0.3, 0.4) is 0 Å². The topological polar surface area (TPSA) is 67.4 Å². The van der Waals surface area contributed by atoms with Gasteiger partial charge in [0.2, 0.25) is 0 Å². The summed E-state index contributed by atoms with van der Waals surface area (Å²) in [5, 5.41) is 6.33. The first kappa shape index (κ1) is 74.0. The Kier molecular flexibility index (Phi) is 59.3. The number of hydrogen-bond acceptors (Lipinski definition) is 3. The van der Waals surface area contributed by atoms with E-state index in [9.17, 15) is 9.59 Å². The third-order valence-electron chi connectivity index (χ3n) is 17.1. The van der Waals surface area contributed by atoms with E-state index < -0.39 is 0 Å². The smallest absolute Gasteiger partial charge is 0.255 e. The number of hydrogen-bond donors (Lipinski definition) is 2. The van der Waals surface area contributed by atoms with Crippen molar-refractivity contribution in [2.24, 2.45) is 0 Å². The minimum Gasteiger partial charge on any atom is -0.493 e. The second-order valence-electron chi connectivity index (χ2n) is 24.9. The van der Waals surface area contributed by atoms with Crippen molar-refractivity contribution in [2.75, 3.05) is 19.7 Å². The molecule has 0 aliphatic heterocycles. The maximum Gasteiger partial charge on any atom is 0.255 e. The molecule has 0 aromatic heterocycles. The summed E-state index contributed by atoms with van der Waals surface area (Å²) in [6.07, 6.45) is 80.6. The van der Waals surface area contributed by atoms with Gasteiger partial charge in [-0.25, -0.2) is 0 Å². The predicted octanol–water partition coefficient (Wildman–Crippen LogP) is 24.6. The first-order chi connectivity index (χ1) is 38.6. The molecule has 0 fully saturated rings. The summed E-state index contributed by atoms with van der Waals surface area (Å²) in [5.74, 6) is 0.377. The number of unbranched alkanes of at least 4 members (excludes halogenated alkanes) is 56. The fraction of sp³-hybridized carbons (Fsp3) is 0.890. The highest BCUT2D eigenvalue weighted by Crippen LogP contribution is 2.23. The summed E-state index contributed by atoms with van der Waals surface area (Å²) in [7, 11) is 0. The van der Waals surface area contributed by atoms with Crippen LogP contribution in [0.5, 0.6) is 5.75 Å². The Balaban J connectivity index is 2.22. The van der Waals surface area contributed by atoms with Crippen molar-refractivity contribution >= 4 is 11.8 Å². The molecule has 0 aliphatic carbocycles. The van der Waals surface area contributed by atoms with Crippen molar-refractivity contribution in [3.8, 4) is 5.75 Å². The highest BCUT2D eigenvalue weighted by molar-refractivity contribution is 6.00. The fourth-order valence-corrected chi connectivity index (χ4v) is 11.7.